The molecule has 3 aromatic rings. The van der Waals surface area contributed by atoms with Gasteiger partial charge in [-0.05, 0) is 12.5 Å². The van der Waals surface area contributed by atoms with Crippen LogP contribution < -0.4 is 5.69 Å². The van der Waals surface area contributed by atoms with E-state index in [2.05, 4.69) is 20.3 Å². The number of aromatic nitrogens is 5. The standard InChI is InChI=1S/C14H14N6O2/c21-13(12-15-14(22)17-16-12)19-6-5-10(8-19)20-7-9-3-1-2-4-11(9)18-20/h1-4,7,10H,5-6,8H2,(H2,15,16,17,22). The van der Waals surface area contributed by atoms with Crippen LogP contribution in [0.4, 0.5) is 0 Å². The molecule has 1 saturated heterocycles. The Morgan fingerprint density at radius 1 is 1.32 bits per heavy atom. The molecule has 2 aromatic heterocycles. The number of hydrogen-bond donors (Lipinski definition) is 2. The quantitative estimate of drug-likeness (QED) is 0.721. The number of fused-ring (bicyclic) bond motifs is 1. The minimum absolute atomic E-state index is 0.0521. The molecular weight excluding hydrogens is 284 g/mol. The van der Waals surface area contributed by atoms with Crippen molar-refractivity contribution in [1.82, 2.24) is 29.9 Å². The molecule has 4 rings (SSSR count). The number of aromatic amines is 2. The average Bonchev–Trinajstić information content (AvgIpc) is 3.24. The number of H-pyrrole nitrogens is 2. The second-order valence-electron chi connectivity index (χ2n) is 5.39. The summed E-state index contributed by atoms with van der Waals surface area (Å²) in [5.74, 6) is -0.214. The summed E-state index contributed by atoms with van der Waals surface area (Å²) in [6.07, 6.45) is 2.83. The molecule has 1 atom stereocenters. The third kappa shape index (κ3) is 2.09. The van der Waals surface area contributed by atoms with Crippen LogP contribution in [-0.2, 0) is 0 Å². The van der Waals surface area contributed by atoms with E-state index in [1.165, 1.54) is 0 Å². The number of amides is 1. The first-order valence-electron chi connectivity index (χ1n) is 7.08. The van der Waals surface area contributed by atoms with Crippen LogP contribution >= 0.6 is 0 Å². The lowest BCUT2D eigenvalue weighted by Crippen LogP contribution is -2.30. The summed E-state index contributed by atoms with van der Waals surface area (Å²) in [6.45, 7) is 1.18. The Morgan fingerprint density at radius 3 is 2.95 bits per heavy atom. The van der Waals surface area contributed by atoms with Gasteiger partial charge in [-0.1, -0.05) is 18.2 Å². The van der Waals surface area contributed by atoms with E-state index in [0.29, 0.717) is 13.1 Å². The summed E-state index contributed by atoms with van der Waals surface area (Å²) in [4.78, 5) is 27.4. The number of hydrogen-bond acceptors (Lipinski definition) is 4. The van der Waals surface area contributed by atoms with E-state index < -0.39 is 5.69 Å². The van der Waals surface area contributed by atoms with Gasteiger partial charge in [0, 0.05) is 24.7 Å². The molecule has 1 fully saturated rings. The van der Waals surface area contributed by atoms with E-state index in [1.54, 1.807) is 4.90 Å². The fraction of sp³-hybridized carbons (Fsp3) is 0.286. The maximum absolute atomic E-state index is 12.3. The van der Waals surface area contributed by atoms with Gasteiger partial charge in [0.2, 0.25) is 5.82 Å². The number of carbonyl (C=O) groups excluding carboxylic acids is 1. The number of rotatable bonds is 2. The first kappa shape index (κ1) is 12.8. The Labute approximate surface area is 124 Å². The van der Waals surface area contributed by atoms with Crippen molar-refractivity contribution in [2.24, 2.45) is 0 Å². The molecule has 0 bridgehead atoms. The minimum Gasteiger partial charge on any atom is -0.334 e. The van der Waals surface area contributed by atoms with Crippen LogP contribution in [0.2, 0.25) is 0 Å². The molecule has 2 N–H and O–H groups in total. The van der Waals surface area contributed by atoms with E-state index in [-0.39, 0.29) is 17.8 Å². The van der Waals surface area contributed by atoms with Crippen molar-refractivity contribution in [2.75, 3.05) is 13.1 Å². The van der Waals surface area contributed by atoms with E-state index >= 15 is 0 Å². The van der Waals surface area contributed by atoms with Gasteiger partial charge in [-0.25, -0.2) is 9.89 Å². The molecule has 112 valence electrons. The molecule has 8 heteroatoms. The van der Waals surface area contributed by atoms with Gasteiger partial charge < -0.3 is 4.90 Å². The number of benzene rings is 1. The highest BCUT2D eigenvalue weighted by Crippen LogP contribution is 2.24. The highest BCUT2D eigenvalue weighted by molar-refractivity contribution is 5.90. The van der Waals surface area contributed by atoms with E-state index in [1.807, 2.05) is 35.1 Å². The van der Waals surface area contributed by atoms with Crippen LogP contribution in [0.1, 0.15) is 23.1 Å². The molecule has 1 amide bonds. The third-order valence-electron chi connectivity index (χ3n) is 3.96. The van der Waals surface area contributed by atoms with Crippen LogP contribution in [0, 0.1) is 0 Å². The Kier molecular flexibility index (Phi) is 2.81. The maximum atomic E-state index is 12.3. The highest BCUT2D eigenvalue weighted by atomic mass is 16.2. The molecule has 0 radical (unpaired) electrons. The zero-order chi connectivity index (χ0) is 15.1. The van der Waals surface area contributed by atoms with Gasteiger partial charge >= 0.3 is 5.69 Å². The molecule has 1 unspecified atom stereocenters. The second-order valence-corrected chi connectivity index (χ2v) is 5.39. The van der Waals surface area contributed by atoms with Crippen molar-refractivity contribution in [3.05, 3.63) is 46.8 Å². The molecule has 1 aliphatic rings. The number of nitrogens with one attached hydrogen (secondary N) is 2. The van der Waals surface area contributed by atoms with Gasteiger partial charge in [-0.15, -0.1) is 5.10 Å². The number of carbonyl (C=O) groups is 1. The zero-order valence-electron chi connectivity index (χ0n) is 11.7. The Hall–Kier alpha value is -2.90. The van der Waals surface area contributed by atoms with Gasteiger partial charge in [-0.2, -0.15) is 5.10 Å². The Balaban J connectivity index is 1.54. The van der Waals surface area contributed by atoms with Gasteiger partial charge in [0.15, 0.2) is 0 Å². The normalized spacial score (nSPS) is 18.2. The molecule has 0 spiro atoms. The van der Waals surface area contributed by atoms with Crippen LogP contribution in [0.3, 0.4) is 0 Å². The predicted molar refractivity (Wildman–Crippen MR) is 78.5 cm³/mol. The lowest BCUT2D eigenvalue weighted by atomic mass is 10.2. The summed E-state index contributed by atoms with van der Waals surface area (Å²) in [7, 11) is 0. The summed E-state index contributed by atoms with van der Waals surface area (Å²) in [5.41, 5.74) is 0.473. The second kappa shape index (κ2) is 4.83. The lowest BCUT2D eigenvalue weighted by Gasteiger charge is -2.14. The predicted octanol–water partition coefficient (Wildman–Crippen LogP) is 0.535. The zero-order valence-corrected chi connectivity index (χ0v) is 11.7. The molecule has 8 nitrogen and oxygen atoms in total. The molecular formula is C14H14N6O2. The van der Waals surface area contributed by atoms with Crippen molar-refractivity contribution >= 4 is 16.8 Å². The van der Waals surface area contributed by atoms with Crippen molar-refractivity contribution < 1.29 is 4.79 Å². The van der Waals surface area contributed by atoms with Gasteiger partial charge in [-0.3, -0.25) is 14.5 Å². The smallest absolute Gasteiger partial charge is 0.334 e. The monoisotopic (exact) mass is 298 g/mol. The minimum atomic E-state index is -0.475. The van der Waals surface area contributed by atoms with Gasteiger partial charge in [0.1, 0.15) is 0 Å². The molecule has 0 saturated carbocycles. The van der Waals surface area contributed by atoms with Crippen molar-refractivity contribution in [1.29, 1.82) is 0 Å². The van der Waals surface area contributed by atoms with Crippen LogP contribution in [0.15, 0.2) is 35.3 Å². The first-order chi connectivity index (χ1) is 10.7. The topological polar surface area (TPSA) is 99.7 Å². The Morgan fingerprint density at radius 2 is 2.18 bits per heavy atom. The van der Waals surface area contributed by atoms with Crippen molar-refractivity contribution in [2.45, 2.75) is 12.5 Å². The molecule has 3 heterocycles. The Bertz CT molecular complexity index is 859. The highest BCUT2D eigenvalue weighted by Gasteiger charge is 2.30. The number of nitrogens with zero attached hydrogens (tertiary/aromatic N) is 4. The van der Waals surface area contributed by atoms with Crippen molar-refractivity contribution in [3.63, 3.8) is 0 Å². The SMILES string of the molecule is O=C(c1n[nH]c(=O)[nH]1)N1CCC(n2cc3ccccc3n2)C1. The van der Waals surface area contributed by atoms with E-state index in [9.17, 15) is 9.59 Å². The van der Waals surface area contributed by atoms with Crippen LogP contribution in [0.5, 0.6) is 0 Å². The van der Waals surface area contributed by atoms with Crippen molar-refractivity contribution in [3.8, 4) is 0 Å². The van der Waals surface area contributed by atoms with Crippen LogP contribution in [-0.4, -0.2) is 48.9 Å². The van der Waals surface area contributed by atoms with E-state index in [4.69, 9.17) is 0 Å². The first-order valence-corrected chi connectivity index (χ1v) is 7.08. The fourth-order valence-corrected chi connectivity index (χ4v) is 2.83. The lowest BCUT2D eigenvalue weighted by molar-refractivity contribution is 0.0775. The summed E-state index contributed by atoms with van der Waals surface area (Å²) < 4.78 is 1.92. The maximum Gasteiger partial charge on any atom is 0.341 e. The van der Waals surface area contributed by atoms with Gasteiger partial charge in [0.25, 0.3) is 5.91 Å². The molecule has 1 aliphatic heterocycles. The van der Waals surface area contributed by atoms with Crippen LogP contribution in [0.25, 0.3) is 10.9 Å². The molecule has 0 aliphatic carbocycles. The van der Waals surface area contributed by atoms with E-state index in [0.717, 1.165) is 17.3 Å². The average molecular weight is 298 g/mol. The summed E-state index contributed by atoms with van der Waals surface area (Å²) in [5, 5.41) is 11.5. The molecule has 22 heavy (non-hydrogen) atoms. The largest absolute Gasteiger partial charge is 0.341 e. The summed E-state index contributed by atoms with van der Waals surface area (Å²) in [6, 6.07) is 8.07. The molecule has 1 aromatic carbocycles. The third-order valence-corrected chi connectivity index (χ3v) is 3.96. The fourth-order valence-electron chi connectivity index (χ4n) is 2.83. The number of likely N-dealkylation sites (tertiary alicyclic amines) is 1. The summed E-state index contributed by atoms with van der Waals surface area (Å²) >= 11 is 0. The van der Waals surface area contributed by atoms with Gasteiger partial charge in [0.05, 0.1) is 11.6 Å².